The van der Waals surface area contributed by atoms with Gasteiger partial charge in [-0.3, -0.25) is 9.59 Å². The van der Waals surface area contributed by atoms with Gasteiger partial charge in [-0.1, -0.05) is 30.3 Å². The molecule has 1 saturated heterocycles. The van der Waals surface area contributed by atoms with Gasteiger partial charge in [0, 0.05) is 45.1 Å². The molecule has 1 saturated carbocycles. The van der Waals surface area contributed by atoms with Gasteiger partial charge in [0.1, 0.15) is 0 Å². The maximum Gasteiger partial charge on any atom is 0.243 e. The number of rotatable bonds is 7. The molecular formula is C22H27N3O4S. The minimum Gasteiger partial charge on any atom is -0.356 e. The highest BCUT2D eigenvalue weighted by molar-refractivity contribution is 7.89. The third kappa shape index (κ3) is 4.65. The summed E-state index contributed by atoms with van der Waals surface area (Å²) >= 11 is 0. The van der Waals surface area contributed by atoms with Gasteiger partial charge in [-0.05, 0) is 42.2 Å². The van der Waals surface area contributed by atoms with Crippen LogP contribution in [0, 0.1) is 5.92 Å². The fourth-order valence-corrected chi connectivity index (χ4v) is 5.21. The van der Waals surface area contributed by atoms with Crippen molar-refractivity contribution in [2.75, 3.05) is 32.7 Å². The molecule has 2 amide bonds. The zero-order chi connectivity index (χ0) is 21.1. The molecule has 1 N–H and O–H groups in total. The summed E-state index contributed by atoms with van der Waals surface area (Å²) in [5, 5.41) is 4.75. The third-order valence-corrected chi connectivity index (χ3v) is 7.66. The number of carbonyl (C=O) groups is 2. The van der Waals surface area contributed by atoms with Crippen molar-refractivity contribution in [1.29, 1.82) is 0 Å². The number of benzene rings is 2. The van der Waals surface area contributed by atoms with Crippen molar-refractivity contribution >= 4 is 32.6 Å². The number of nitrogens with zero attached hydrogens (tertiary/aromatic N) is 2. The van der Waals surface area contributed by atoms with E-state index in [4.69, 9.17) is 0 Å². The second-order valence-corrected chi connectivity index (χ2v) is 9.90. The number of hydrogen-bond donors (Lipinski definition) is 1. The Labute approximate surface area is 177 Å². The van der Waals surface area contributed by atoms with Crippen LogP contribution in [-0.2, 0) is 19.6 Å². The van der Waals surface area contributed by atoms with Crippen molar-refractivity contribution in [3.8, 4) is 0 Å². The van der Waals surface area contributed by atoms with Crippen LogP contribution in [0.25, 0.3) is 10.8 Å². The van der Waals surface area contributed by atoms with E-state index in [0.717, 1.165) is 23.6 Å². The number of nitrogens with one attached hydrogen (secondary N) is 1. The highest BCUT2D eigenvalue weighted by Crippen LogP contribution is 2.28. The summed E-state index contributed by atoms with van der Waals surface area (Å²) in [6.07, 6.45) is 2.91. The van der Waals surface area contributed by atoms with Crippen molar-refractivity contribution in [3.63, 3.8) is 0 Å². The summed E-state index contributed by atoms with van der Waals surface area (Å²) in [6.45, 7) is 1.87. The molecular weight excluding hydrogens is 402 g/mol. The first-order chi connectivity index (χ1) is 14.4. The lowest BCUT2D eigenvalue weighted by atomic mass is 10.1. The molecule has 0 spiro atoms. The minimum absolute atomic E-state index is 0.0124. The average molecular weight is 430 g/mol. The Hall–Kier alpha value is -2.45. The Morgan fingerprint density at radius 3 is 2.37 bits per heavy atom. The fraction of sp³-hybridized carbons (Fsp3) is 0.455. The molecule has 1 aliphatic heterocycles. The Bertz CT molecular complexity index is 1040. The number of amides is 2. The van der Waals surface area contributed by atoms with Gasteiger partial charge in [-0.15, -0.1) is 0 Å². The normalized spacial score (nSPS) is 17.8. The third-order valence-electron chi connectivity index (χ3n) is 5.76. The van der Waals surface area contributed by atoms with E-state index in [1.807, 2.05) is 30.3 Å². The van der Waals surface area contributed by atoms with Gasteiger partial charge in [0.25, 0.3) is 0 Å². The summed E-state index contributed by atoms with van der Waals surface area (Å²) < 4.78 is 27.5. The van der Waals surface area contributed by atoms with E-state index in [-0.39, 0.29) is 22.6 Å². The van der Waals surface area contributed by atoms with Crippen LogP contribution in [0.5, 0.6) is 0 Å². The first-order valence-electron chi connectivity index (χ1n) is 10.5. The molecule has 2 aromatic rings. The lowest BCUT2D eigenvalue weighted by Gasteiger charge is -2.34. The number of piperazine rings is 1. The van der Waals surface area contributed by atoms with Crippen LogP contribution in [-0.4, -0.2) is 62.2 Å². The molecule has 0 unspecified atom stereocenters. The first kappa shape index (κ1) is 20.8. The van der Waals surface area contributed by atoms with Crippen molar-refractivity contribution in [2.45, 2.75) is 30.6 Å². The van der Waals surface area contributed by atoms with Crippen LogP contribution in [0.3, 0.4) is 0 Å². The molecule has 2 fully saturated rings. The Morgan fingerprint density at radius 2 is 1.67 bits per heavy atom. The Morgan fingerprint density at radius 1 is 0.967 bits per heavy atom. The van der Waals surface area contributed by atoms with Gasteiger partial charge in [-0.25, -0.2) is 8.42 Å². The molecule has 2 aliphatic rings. The van der Waals surface area contributed by atoms with Crippen LogP contribution >= 0.6 is 0 Å². The predicted molar refractivity (Wildman–Crippen MR) is 114 cm³/mol. The van der Waals surface area contributed by atoms with Gasteiger partial charge in [0.2, 0.25) is 21.8 Å². The summed E-state index contributed by atoms with van der Waals surface area (Å²) in [6, 6.07) is 12.8. The molecule has 0 bridgehead atoms. The summed E-state index contributed by atoms with van der Waals surface area (Å²) in [7, 11) is -3.59. The molecule has 1 aliphatic carbocycles. The van der Waals surface area contributed by atoms with Gasteiger partial charge in [-0.2, -0.15) is 4.31 Å². The zero-order valence-electron chi connectivity index (χ0n) is 16.9. The summed E-state index contributed by atoms with van der Waals surface area (Å²) in [5.41, 5.74) is 0. The standard InChI is InChI=1S/C22H27N3O4S/c26-21(6-3-11-23-22(27)18-7-8-18)24-12-14-25(15-13-24)30(28,29)20-10-9-17-4-1-2-5-19(17)16-20/h1-2,4-5,9-10,16,18H,3,6-8,11-15H2,(H,23,27). The highest BCUT2D eigenvalue weighted by atomic mass is 32.2. The quantitative estimate of drug-likeness (QED) is 0.682. The van der Waals surface area contributed by atoms with Crippen molar-refractivity contribution in [3.05, 3.63) is 42.5 Å². The molecule has 0 radical (unpaired) electrons. The van der Waals surface area contributed by atoms with Gasteiger partial charge in [0.15, 0.2) is 0 Å². The van der Waals surface area contributed by atoms with Gasteiger partial charge in [0.05, 0.1) is 4.90 Å². The minimum atomic E-state index is -3.59. The van der Waals surface area contributed by atoms with Crippen molar-refractivity contribution in [2.24, 2.45) is 5.92 Å². The fourth-order valence-electron chi connectivity index (χ4n) is 3.75. The molecule has 1 heterocycles. The van der Waals surface area contributed by atoms with E-state index in [9.17, 15) is 18.0 Å². The van der Waals surface area contributed by atoms with Crippen molar-refractivity contribution in [1.82, 2.24) is 14.5 Å². The number of carbonyl (C=O) groups excluding carboxylic acids is 2. The maximum absolute atomic E-state index is 13.0. The van der Waals surface area contributed by atoms with Crippen LogP contribution in [0.4, 0.5) is 0 Å². The van der Waals surface area contributed by atoms with E-state index in [1.165, 1.54) is 4.31 Å². The second kappa shape index (κ2) is 8.73. The monoisotopic (exact) mass is 429 g/mol. The highest BCUT2D eigenvalue weighted by Gasteiger charge is 2.31. The lowest BCUT2D eigenvalue weighted by molar-refractivity contribution is -0.132. The van der Waals surface area contributed by atoms with E-state index in [1.54, 1.807) is 17.0 Å². The molecule has 4 rings (SSSR count). The maximum atomic E-state index is 13.0. The number of hydrogen-bond acceptors (Lipinski definition) is 4. The summed E-state index contributed by atoms with van der Waals surface area (Å²) in [4.78, 5) is 26.0. The molecule has 0 aromatic heterocycles. The van der Waals surface area contributed by atoms with Crippen LogP contribution in [0.1, 0.15) is 25.7 Å². The molecule has 8 heteroatoms. The van der Waals surface area contributed by atoms with Gasteiger partial charge >= 0.3 is 0 Å². The smallest absolute Gasteiger partial charge is 0.243 e. The van der Waals surface area contributed by atoms with Gasteiger partial charge < -0.3 is 10.2 Å². The molecule has 7 nitrogen and oxygen atoms in total. The van der Waals surface area contributed by atoms with E-state index < -0.39 is 10.0 Å². The largest absolute Gasteiger partial charge is 0.356 e. The summed E-state index contributed by atoms with van der Waals surface area (Å²) in [5.74, 6) is 0.284. The lowest BCUT2D eigenvalue weighted by Crippen LogP contribution is -2.50. The van der Waals surface area contributed by atoms with Crippen LogP contribution < -0.4 is 5.32 Å². The average Bonchev–Trinajstić information content (AvgIpc) is 3.62. The van der Waals surface area contributed by atoms with E-state index in [0.29, 0.717) is 45.6 Å². The molecule has 160 valence electrons. The Kier molecular flexibility index (Phi) is 6.06. The van der Waals surface area contributed by atoms with Crippen LogP contribution in [0.2, 0.25) is 0 Å². The van der Waals surface area contributed by atoms with Crippen molar-refractivity contribution < 1.29 is 18.0 Å². The SMILES string of the molecule is O=C(NCCCC(=O)N1CCN(S(=O)(=O)c2ccc3ccccc3c2)CC1)C1CC1. The number of sulfonamides is 1. The van der Waals surface area contributed by atoms with Crippen LogP contribution in [0.15, 0.2) is 47.4 Å². The molecule has 30 heavy (non-hydrogen) atoms. The van der Waals surface area contributed by atoms with E-state index >= 15 is 0 Å². The molecule has 2 aromatic carbocycles. The topological polar surface area (TPSA) is 86.8 Å². The number of fused-ring (bicyclic) bond motifs is 1. The Balaban J connectivity index is 1.28. The second-order valence-electron chi connectivity index (χ2n) is 7.96. The zero-order valence-corrected chi connectivity index (χ0v) is 17.7. The first-order valence-corrected chi connectivity index (χ1v) is 11.9. The molecule has 0 atom stereocenters. The van der Waals surface area contributed by atoms with E-state index in [2.05, 4.69) is 5.32 Å². The predicted octanol–water partition coefficient (Wildman–Crippen LogP) is 1.98.